The molecule has 2 aromatic heterocycles. The molecule has 0 aliphatic heterocycles. The Bertz CT molecular complexity index is 1040. The summed E-state index contributed by atoms with van der Waals surface area (Å²) in [7, 11) is 0. The summed E-state index contributed by atoms with van der Waals surface area (Å²) in [6, 6.07) is 21.2. The van der Waals surface area contributed by atoms with E-state index in [1.165, 1.54) is 0 Å². The van der Waals surface area contributed by atoms with Crippen molar-refractivity contribution in [3.05, 3.63) is 76.9 Å². The molecule has 25 heavy (non-hydrogen) atoms. The van der Waals surface area contributed by atoms with E-state index < -0.39 is 0 Å². The number of imidazole rings is 1. The molecule has 0 atom stereocenters. The summed E-state index contributed by atoms with van der Waals surface area (Å²) in [5.41, 5.74) is 4.74. The van der Waals surface area contributed by atoms with Crippen molar-refractivity contribution in [2.75, 3.05) is 5.32 Å². The number of nitrogens with zero attached hydrogens (tertiary/aromatic N) is 2. The number of aromatic hydroxyl groups is 1. The zero-order valence-electron chi connectivity index (χ0n) is 13.6. The van der Waals surface area contributed by atoms with Crippen LogP contribution >= 0.6 is 15.9 Å². The predicted molar refractivity (Wildman–Crippen MR) is 104 cm³/mol. The van der Waals surface area contributed by atoms with Crippen molar-refractivity contribution >= 4 is 33.1 Å². The van der Waals surface area contributed by atoms with E-state index in [0.717, 1.165) is 38.6 Å². The molecule has 124 valence electrons. The molecule has 0 unspecified atom stereocenters. The smallest absolute Gasteiger partial charge is 0.143 e. The Morgan fingerprint density at radius 1 is 0.960 bits per heavy atom. The molecule has 4 rings (SSSR count). The van der Waals surface area contributed by atoms with Crippen LogP contribution in [-0.4, -0.2) is 14.5 Å². The normalized spacial score (nSPS) is 11.0. The second-order valence-electron chi connectivity index (χ2n) is 5.85. The Labute approximate surface area is 153 Å². The number of hydrogen-bond acceptors (Lipinski definition) is 3. The van der Waals surface area contributed by atoms with Crippen molar-refractivity contribution in [3.63, 3.8) is 0 Å². The van der Waals surface area contributed by atoms with Crippen molar-refractivity contribution in [2.45, 2.75) is 6.92 Å². The van der Waals surface area contributed by atoms with Gasteiger partial charge in [0.05, 0.1) is 0 Å². The molecule has 0 fully saturated rings. The molecule has 5 heteroatoms. The molecule has 0 aliphatic rings. The first-order valence-electron chi connectivity index (χ1n) is 7.92. The van der Waals surface area contributed by atoms with Gasteiger partial charge >= 0.3 is 0 Å². The number of nitrogens with one attached hydrogen (secondary N) is 1. The summed E-state index contributed by atoms with van der Waals surface area (Å²) < 4.78 is 3.13. The van der Waals surface area contributed by atoms with Gasteiger partial charge in [0, 0.05) is 21.4 Å². The fourth-order valence-electron chi connectivity index (χ4n) is 2.86. The Morgan fingerprint density at radius 2 is 1.68 bits per heavy atom. The minimum Gasteiger partial charge on any atom is -0.508 e. The lowest BCUT2D eigenvalue weighted by Gasteiger charge is -2.11. The highest BCUT2D eigenvalue weighted by Crippen LogP contribution is 2.33. The Kier molecular flexibility index (Phi) is 3.93. The number of hydrogen-bond donors (Lipinski definition) is 2. The number of anilines is 2. The maximum Gasteiger partial charge on any atom is 0.143 e. The van der Waals surface area contributed by atoms with Gasteiger partial charge < -0.3 is 10.4 Å². The fourth-order valence-corrected chi connectivity index (χ4v) is 3.12. The summed E-state index contributed by atoms with van der Waals surface area (Å²) >= 11 is 3.46. The van der Waals surface area contributed by atoms with Crippen LogP contribution in [0.25, 0.3) is 16.9 Å². The highest BCUT2D eigenvalue weighted by atomic mass is 79.9. The van der Waals surface area contributed by atoms with Crippen molar-refractivity contribution in [1.29, 1.82) is 0 Å². The molecule has 0 amide bonds. The lowest BCUT2D eigenvalue weighted by Crippen LogP contribution is -1.99. The molecule has 0 spiro atoms. The van der Waals surface area contributed by atoms with Crippen LogP contribution in [0.3, 0.4) is 0 Å². The average Bonchev–Trinajstić information content (AvgIpc) is 2.97. The highest BCUT2D eigenvalue weighted by Gasteiger charge is 2.15. The minimum absolute atomic E-state index is 0.242. The SMILES string of the molecule is Cc1cccc2nc(-c3ccc(O)cc3)c(Nc3ccc(Br)cc3)n12. The number of rotatable bonds is 3. The van der Waals surface area contributed by atoms with Crippen LogP contribution in [0.15, 0.2) is 71.2 Å². The van der Waals surface area contributed by atoms with E-state index in [2.05, 4.69) is 38.6 Å². The zero-order valence-corrected chi connectivity index (χ0v) is 15.2. The lowest BCUT2D eigenvalue weighted by atomic mass is 10.1. The number of pyridine rings is 1. The van der Waals surface area contributed by atoms with Gasteiger partial charge in [-0.25, -0.2) is 4.98 Å². The first-order valence-corrected chi connectivity index (χ1v) is 8.71. The molecule has 2 aromatic carbocycles. The van der Waals surface area contributed by atoms with Gasteiger partial charge in [0.2, 0.25) is 0 Å². The van der Waals surface area contributed by atoms with Crippen molar-refractivity contribution in [2.24, 2.45) is 0 Å². The van der Waals surface area contributed by atoms with Crippen LogP contribution in [0, 0.1) is 6.92 Å². The second-order valence-corrected chi connectivity index (χ2v) is 6.76. The quantitative estimate of drug-likeness (QED) is 0.481. The molecule has 2 N–H and O–H groups in total. The molecule has 4 aromatic rings. The maximum absolute atomic E-state index is 9.57. The average molecular weight is 394 g/mol. The molecule has 4 nitrogen and oxygen atoms in total. The number of fused-ring (bicyclic) bond motifs is 1. The van der Waals surface area contributed by atoms with E-state index in [-0.39, 0.29) is 5.75 Å². The van der Waals surface area contributed by atoms with E-state index in [4.69, 9.17) is 4.98 Å². The third kappa shape index (κ3) is 2.98. The van der Waals surface area contributed by atoms with E-state index in [0.29, 0.717) is 0 Å². The number of halogens is 1. The van der Waals surface area contributed by atoms with E-state index in [1.54, 1.807) is 12.1 Å². The Balaban J connectivity index is 1.91. The minimum atomic E-state index is 0.242. The summed E-state index contributed by atoms with van der Waals surface area (Å²) in [5.74, 6) is 1.15. The number of benzene rings is 2. The first kappa shape index (κ1) is 15.7. The van der Waals surface area contributed by atoms with Crippen LogP contribution in [0.4, 0.5) is 11.5 Å². The van der Waals surface area contributed by atoms with Gasteiger partial charge in [0.15, 0.2) is 0 Å². The predicted octanol–water partition coefficient (Wildman–Crippen LogP) is 5.52. The topological polar surface area (TPSA) is 49.6 Å². The molecular formula is C20H16BrN3O. The van der Waals surface area contributed by atoms with E-state index in [9.17, 15) is 5.11 Å². The molecule has 0 radical (unpaired) electrons. The molecule has 0 saturated heterocycles. The largest absolute Gasteiger partial charge is 0.508 e. The second kappa shape index (κ2) is 6.26. The Hall–Kier alpha value is -2.79. The van der Waals surface area contributed by atoms with E-state index in [1.807, 2.05) is 48.5 Å². The number of aryl methyl sites for hydroxylation is 1. The number of aromatic nitrogens is 2. The van der Waals surface area contributed by atoms with Crippen LogP contribution < -0.4 is 5.32 Å². The molecule has 0 saturated carbocycles. The maximum atomic E-state index is 9.57. The summed E-state index contributed by atoms with van der Waals surface area (Å²) in [5, 5.41) is 13.1. The zero-order chi connectivity index (χ0) is 17.4. The van der Waals surface area contributed by atoms with Gasteiger partial charge in [-0.2, -0.15) is 0 Å². The van der Waals surface area contributed by atoms with Crippen molar-refractivity contribution in [3.8, 4) is 17.0 Å². The fraction of sp³-hybridized carbons (Fsp3) is 0.0500. The summed E-state index contributed by atoms with van der Waals surface area (Å²) in [6.45, 7) is 2.06. The van der Waals surface area contributed by atoms with Crippen LogP contribution in [0.1, 0.15) is 5.69 Å². The van der Waals surface area contributed by atoms with Crippen molar-refractivity contribution < 1.29 is 5.11 Å². The molecule has 2 heterocycles. The standard InChI is InChI=1S/C20H16BrN3O/c1-13-3-2-4-18-23-19(14-5-11-17(25)12-6-14)20(24(13)18)22-16-9-7-15(21)8-10-16/h2-12,22,25H,1H3. The van der Waals surface area contributed by atoms with Crippen LogP contribution in [-0.2, 0) is 0 Å². The molecule has 0 bridgehead atoms. The first-order chi connectivity index (χ1) is 12.1. The van der Waals surface area contributed by atoms with Gasteiger partial charge in [0.1, 0.15) is 22.9 Å². The highest BCUT2D eigenvalue weighted by molar-refractivity contribution is 9.10. The van der Waals surface area contributed by atoms with Gasteiger partial charge in [-0.05, 0) is 67.6 Å². The van der Waals surface area contributed by atoms with Crippen LogP contribution in [0.2, 0.25) is 0 Å². The molecular weight excluding hydrogens is 378 g/mol. The van der Waals surface area contributed by atoms with Gasteiger partial charge in [-0.3, -0.25) is 4.40 Å². The van der Waals surface area contributed by atoms with E-state index >= 15 is 0 Å². The van der Waals surface area contributed by atoms with Crippen molar-refractivity contribution in [1.82, 2.24) is 9.38 Å². The monoisotopic (exact) mass is 393 g/mol. The number of phenols is 1. The number of phenolic OH excluding ortho intramolecular Hbond substituents is 1. The van der Waals surface area contributed by atoms with Gasteiger partial charge in [0.25, 0.3) is 0 Å². The van der Waals surface area contributed by atoms with Crippen LogP contribution in [0.5, 0.6) is 5.75 Å². The molecule has 0 aliphatic carbocycles. The third-order valence-electron chi connectivity index (χ3n) is 4.09. The third-order valence-corrected chi connectivity index (χ3v) is 4.62. The summed E-state index contributed by atoms with van der Waals surface area (Å²) in [6.07, 6.45) is 0. The Morgan fingerprint density at radius 3 is 2.40 bits per heavy atom. The van der Waals surface area contributed by atoms with Gasteiger partial charge in [-0.1, -0.05) is 22.0 Å². The lowest BCUT2D eigenvalue weighted by molar-refractivity contribution is 0.475. The summed E-state index contributed by atoms with van der Waals surface area (Å²) in [4.78, 5) is 4.80. The van der Waals surface area contributed by atoms with Gasteiger partial charge in [-0.15, -0.1) is 0 Å².